The van der Waals surface area contributed by atoms with Gasteiger partial charge in [-0.3, -0.25) is 9.59 Å². The van der Waals surface area contributed by atoms with Crippen LogP contribution in [0.25, 0.3) is 0 Å². The molecule has 3 unspecified atom stereocenters. The van der Waals surface area contributed by atoms with E-state index in [0.717, 1.165) is 5.69 Å². The second-order valence-corrected chi connectivity index (χ2v) is 8.53. The van der Waals surface area contributed by atoms with Crippen LogP contribution in [-0.2, 0) is 19.1 Å². The van der Waals surface area contributed by atoms with Gasteiger partial charge in [-0.15, -0.1) is 0 Å². The van der Waals surface area contributed by atoms with Crippen molar-refractivity contribution < 1.29 is 28.6 Å². The minimum absolute atomic E-state index is 0.0836. The molecule has 9 nitrogen and oxygen atoms in total. The standard InChI is InChI=1S/C23H27N3O6/c1-3-31-22(29)25-12-10-24(11-13-25)20(27)18-17-8-9-23(32-17)14-26(21(28)19(18)23)15-4-6-16(30-2)7-5-15/h4-9,17-19H,3,10-14H2,1-2H3/t17?,18?,19?,23-/m1/s1. The molecule has 170 valence electrons. The average molecular weight is 441 g/mol. The van der Waals surface area contributed by atoms with Crippen LogP contribution < -0.4 is 9.64 Å². The Kier molecular flexibility index (Phi) is 5.08. The van der Waals surface area contributed by atoms with Gasteiger partial charge in [-0.1, -0.05) is 12.2 Å². The average Bonchev–Trinajstić information content (AvgIpc) is 3.47. The zero-order valence-corrected chi connectivity index (χ0v) is 18.2. The van der Waals surface area contributed by atoms with Crippen LogP contribution in [0.5, 0.6) is 5.75 Å². The van der Waals surface area contributed by atoms with E-state index in [1.165, 1.54) is 0 Å². The van der Waals surface area contributed by atoms with E-state index in [2.05, 4.69) is 0 Å². The molecule has 4 heterocycles. The Hall–Kier alpha value is -3.07. The highest BCUT2D eigenvalue weighted by Crippen LogP contribution is 2.53. The molecule has 2 bridgehead atoms. The lowest BCUT2D eigenvalue weighted by Crippen LogP contribution is -2.54. The predicted molar refractivity (Wildman–Crippen MR) is 114 cm³/mol. The molecular weight excluding hydrogens is 414 g/mol. The van der Waals surface area contributed by atoms with Crippen LogP contribution in [0.1, 0.15) is 6.92 Å². The first-order valence-electron chi connectivity index (χ1n) is 11.0. The molecule has 4 atom stereocenters. The third-order valence-corrected chi connectivity index (χ3v) is 6.89. The number of methoxy groups -OCH3 is 1. The maximum atomic E-state index is 13.5. The largest absolute Gasteiger partial charge is 0.497 e. The molecule has 0 saturated carbocycles. The molecule has 3 saturated heterocycles. The lowest BCUT2D eigenvalue weighted by Gasteiger charge is -2.36. The van der Waals surface area contributed by atoms with Crippen molar-refractivity contribution in [3.8, 4) is 5.75 Å². The Bertz CT molecular complexity index is 955. The Labute approximate surface area is 186 Å². The van der Waals surface area contributed by atoms with Crippen LogP contribution in [0.3, 0.4) is 0 Å². The monoisotopic (exact) mass is 441 g/mol. The van der Waals surface area contributed by atoms with E-state index in [1.54, 1.807) is 28.7 Å². The molecule has 1 aromatic rings. The van der Waals surface area contributed by atoms with Crippen molar-refractivity contribution in [2.45, 2.75) is 18.6 Å². The molecule has 4 aliphatic heterocycles. The van der Waals surface area contributed by atoms with Crippen molar-refractivity contribution in [2.75, 3.05) is 51.3 Å². The Balaban J connectivity index is 1.32. The fourth-order valence-corrected chi connectivity index (χ4v) is 5.30. The number of anilines is 1. The first kappa shape index (κ1) is 20.8. The topological polar surface area (TPSA) is 88.6 Å². The van der Waals surface area contributed by atoms with Crippen LogP contribution in [0, 0.1) is 11.8 Å². The van der Waals surface area contributed by atoms with E-state index < -0.39 is 23.5 Å². The quantitative estimate of drug-likeness (QED) is 0.654. The van der Waals surface area contributed by atoms with Crippen molar-refractivity contribution in [1.29, 1.82) is 0 Å². The number of amides is 3. The third-order valence-electron chi connectivity index (χ3n) is 6.89. The highest BCUT2D eigenvalue weighted by atomic mass is 16.6. The molecule has 1 aromatic carbocycles. The van der Waals surface area contributed by atoms with Gasteiger partial charge in [0.2, 0.25) is 11.8 Å². The van der Waals surface area contributed by atoms with Gasteiger partial charge < -0.3 is 28.9 Å². The zero-order chi connectivity index (χ0) is 22.5. The summed E-state index contributed by atoms with van der Waals surface area (Å²) < 4.78 is 16.5. The fraction of sp³-hybridized carbons (Fsp3) is 0.522. The Morgan fingerprint density at radius 1 is 1.12 bits per heavy atom. The molecule has 0 aromatic heterocycles. The number of piperazine rings is 1. The number of rotatable bonds is 4. The first-order chi connectivity index (χ1) is 15.5. The predicted octanol–water partition coefficient (Wildman–Crippen LogP) is 1.28. The van der Waals surface area contributed by atoms with Gasteiger partial charge in [0, 0.05) is 31.9 Å². The molecule has 0 aliphatic carbocycles. The summed E-state index contributed by atoms with van der Waals surface area (Å²) in [6.45, 7) is 4.14. The second-order valence-electron chi connectivity index (χ2n) is 8.53. The number of hydrogen-bond acceptors (Lipinski definition) is 6. The fourth-order valence-electron chi connectivity index (χ4n) is 5.30. The maximum Gasteiger partial charge on any atom is 0.409 e. The summed E-state index contributed by atoms with van der Waals surface area (Å²) in [5.74, 6) is -0.559. The SMILES string of the molecule is CCOC(=O)N1CCN(C(=O)C2C3C=C[C@]4(CN(c5ccc(OC)cc5)C(=O)C24)O3)CC1. The number of nitrogens with zero attached hydrogens (tertiary/aromatic N) is 3. The molecule has 3 amide bonds. The number of carbonyl (C=O) groups excluding carboxylic acids is 3. The second kappa shape index (κ2) is 7.81. The van der Waals surface area contributed by atoms with Crippen LogP contribution >= 0.6 is 0 Å². The van der Waals surface area contributed by atoms with Gasteiger partial charge in [0.1, 0.15) is 11.4 Å². The summed E-state index contributed by atoms with van der Waals surface area (Å²) in [6, 6.07) is 7.31. The van der Waals surface area contributed by atoms with E-state index >= 15 is 0 Å². The molecule has 0 radical (unpaired) electrons. The van der Waals surface area contributed by atoms with Crippen molar-refractivity contribution >= 4 is 23.6 Å². The van der Waals surface area contributed by atoms with Crippen molar-refractivity contribution in [3.05, 3.63) is 36.4 Å². The van der Waals surface area contributed by atoms with Gasteiger partial charge in [-0.05, 0) is 31.2 Å². The van der Waals surface area contributed by atoms with E-state index in [1.807, 2.05) is 36.4 Å². The number of carbonyl (C=O) groups is 3. The summed E-state index contributed by atoms with van der Waals surface area (Å²) in [7, 11) is 1.60. The highest BCUT2D eigenvalue weighted by molar-refractivity contribution is 6.03. The van der Waals surface area contributed by atoms with Crippen LogP contribution in [0.2, 0.25) is 0 Å². The van der Waals surface area contributed by atoms with E-state index in [4.69, 9.17) is 14.2 Å². The summed E-state index contributed by atoms with van der Waals surface area (Å²) in [6.07, 6.45) is 3.12. The lowest BCUT2D eigenvalue weighted by atomic mass is 9.76. The normalized spacial score (nSPS) is 30.6. The number of ether oxygens (including phenoxy) is 3. The minimum atomic E-state index is -0.769. The van der Waals surface area contributed by atoms with Crippen molar-refractivity contribution in [3.63, 3.8) is 0 Å². The Morgan fingerprint density at radius 3 is 2.47 bits per heavy atom. The van der Waals surface area contributed by atoms with E-state index in [9.17, 15) is 14.4 Å². The van der Waals surface area contributed by atoms with Crippen molar-refractivity contribution in [2.24, 2.45) is 11.8 Å². The highest BCUT2D eigenvalue weighted by Gasteiger charge is 2.67. The van der Waals surface area contributed by atoms with Gasteiger partial charge in [0.15, 0.2) is 0 Å². The maximum absolute atomic E-state index is 13.5. The molecular formula is C23H27N3O6. The summed E-state index contributed by atoms with van der Waals surface area (Å²) in [4.78, 5) is 44.0. The van der Waals surface area contributed by atoms with E-state index in [0.29, 0.717) is 45.1 Å². The van der Waals surface area contributed by atoms with Gasteiger partial charge >= 0.3 is 6.09 Å². The number of benzene rings is 1. The van der Waals surface area contributed by atoms with Gasteiger partial charge in [-0.25, -0.2) is 4.79 Å². The molecule has 9 heteroatoms. The minimum Gasteiger partial charge on any atom is -0.497 e. The van der Waals surface area contributed by atoms with Crippen LogP contribution in [0.15, 0.2) is 36.4 Å². The van der Waals surface area contributed by atoms with Crippen LogP contribution in [0.4, 0.5) is 10.5 Å². The molecule has 5 rings (SSSR count). The molecule has 3 fully saturated rings. The Morgan fingerprint density at radius 2 is 1.81 bits per heavy atom. The van der Waals surface area contributed by atoms with Crippen LogP contribution in [-0.4, -0.2) is 85.9 Å². The molecule has 0 N–H and O–H groups in total. The summed E-state index contributed by atoms with van der Waals surface area (Å²) >= 11 is 0. The number of fused-ring (bicyclic) bond motifs is 1. The smallest absolute Gasteiger partial charge is 0.409 e. The summed E-state index contributed by atoms with van der Waals surface area (Å²) in [5, 5.41) is 0. The van der Waals surface area contributed by atoms with Gasteiger partial charge in [0.25, 0.3) is 0 Å². The summed E-state index contributed by atoms with van der Waals surface area (Å²) in [5.41, 5.74) is -0.0105. The first-order valence-corrected chi connectivity index (χ1v) is 11.0. The third kappa shape index (κ3) is 3.14. The lowest BCUT2D eigenvalue weighted by molar-refractivity contribution is -0.141. The molecule has 4 aliphatic rings. The zero-order valence-electron chi connectivity index (χ0n) is 18.2. The van der Waals surface area contributed by atoms with E-state index in [-0.39, 0.29) is 17.9 Å². The molecule has 32 heavy (non-hydrogen) atoms. The van der Waals surface area contributed by atoms with Gasteiger partial charge in [-0.2, -0.15) is 0 Å². The van der Waals surface area contributed by atoms with Crippen molar-refractivity contribution in [1.82, 2.24) is 9.80 Å². The molecule has 1 spiro atoms. The van der Waals surface area contributed by atoms with Gasteiger partial charge in [0.05, 0.1) is 38.2 Å². The number of hydrogen-bond donors (Lipinski definition) is 0.